The van der Waals surface area contributed by atoms with Gasteiger partial charge in [0.15, 0.2) is 5.11 Å². The summed E-state index contributed by atoms with van der Waals surface area (Å²) >= 11 is 5.24. The van der Waals surface area contributed by atoms with Gasteiger partial charge in [-0.25, -0.2) is 0 Å². The van der Waals surface area contributed by atoms with Crippen molar-refractivity contribution in [1.29, 1.82) is 0 Å². The summed E-state index contributed by atoms with van der Waals surface area (Å²) in [5.74, 6) is 0.0417. The predicted octanol–water partition coefficient (Wildman–Crippen LogP) is 1.76. The number of furan rings is 1. The number of carbonyl (C=O) groups is 1. The summed E-state index contributed by atoms with van der Waals surface area (Å²) in [4.78, 5) is 14.0. The maximum Gasteiger partial charge on any atom is 0.257 e. The number of likely N-dealkylation sites (tertiary alicyclic amines) is 1. The first-order chi connectivity index (χ1) is 9.56. The van der Waals surface area contributed by atoms with Crippen LogP contribution in [0.15, 0.2) is 23.0 Å². The highest BCUT2D eigenvalue weighted by molar-refractivity contribution is 7.80. The SMILES string of the molecule is CC(C)NC(=S)NC1CCN(C(=O)c2ccoc2)CC1. The zero-order valence-electron chi connectivity index (χ0n) is 11.9. The lowest BCUT2D eigenvalue weighted by molar-refractivity contribution is 0.0709. The summed E-state index contributed by atoms with van der Waals surface area (Å²) in [6, 6.07) is 2.37. The quantitative estimate of drug-likeness (QED) is 0.832. The van der Waals surface area contributed by atoms with E-state index in [2.05, 4.69) is 24.5 Å². The zero-order valence-corrected chi connectivity index (χ0v) is 12.7. The third kappa shape index (κ3) is 3.96. The van der Waals surface area contributed by atoms with Crippen LogP contribution in [-0.4, -0.2) is 41.1 Å². The predicted molar refractivity (Wildman–Crippen MR) is 81.6 cm³/mol. The minimum atomic E-state index is 0.0417. The van der Waals surface area contributed by atoms with E-state index < -0.39 is 0 Å². The van der Waals surface area contributed by atoms with Crippen molar-refractivity contribution < 1.29 is 9.21 Å². The Morgan fingerprint density at radius 2 is 2.15 bits per heavy atom. The molecule has 6 heteroatoms. The summed E-state index contributed by atoms with van der Waals surface area (Å²) in [5.41, 5.74) is 0.619. The topological polar surface area (TPSA) is 57.5 Å². The van der Waals surface area contributed by atoms with E-state index in [1.807, 2.05) is 4.90 Å². The first-order valence-electron chi connectivity index (χ1n) is 6.94. The lowest BCUT2D eigenvalue weighted by Gasteiger charge is -2.33. The second-order valence-electron chi connectivity index (χ2n) is 5.35. The smallest absolute Gasteiger partial charge is 0.257 e. The number of piperidine rings is 1. The van der Waals surface area contributed by atoms with Crippen molar-refractivity contribution in [2.45, 2.75) is 38.8 Å². The van der Waals surface area contributed by atoms with Gasteiger partial charge in [-0.05, 0) is 45.0 Å². The molecule has 0 spiro atoms. The van der Waals surface area contributed by atoms with Crippen molar-refractivity contribution in [1.82, 2.24) is 15.5 Å². The second kappa shape index (κ2) is 6.74. The number of thiocarbonyl (C=S) groups is 1. The molecule has 0 radical (unpaired) electrons. The van der Waals surface area contributed by atoms with Gasteiger partial charge in [0.25, 0.3) is 5.91 Å². The molecular weight excluding hydrogens is 274 g/mol. The molecular formula is C14H21N3O2S. The molecule has 0 aliphatic carbocycles. The van der Waals surface area contributed by atoms with Crippen LogP contribution in [0, 0.1) is 0 Å². The molecule has 20 heavy (non-hydrogen) atoms. The van der Waals surface area contributed by atoms with Gasteiger partial charge in [-0.15, -0.1) is 0 Å². The van der Waals surface area contributed by atoms with Gasteiger partial charge in [0, 0.05) is 25.2 Å². The first kappa shape index (κ1) is 14.8. The fraction of sp³-hybridized carbons (Fsp3) is 0.571. The highest BCUT2D eigenvalue weighted by atomic mass is 32.1. The number of nitrogens with one attached hydrogen (secondary N) is 2. The molecule has 1 aromatic heterocycles. The molecule has 1 amide bonds. The largest absolute Gasteiger partial charge is 0.472 e. The number of carbonyl (C=O) groups excluding carboxylic acids is 1. The monoisotopic (exact) mass is 295 g/mol. The molecule has 1 saturated heterocycles. The van der Waals surface area contributed by atoms with Crippen LogP contribution < -0.4 is 10.6 Å². The fourth-order valence-corrected chi connectivity index (χ4v) is 2.69. The standard InChI is InChI=1S/C14H21N3O2S/c1-10(2)15-14(20)16-12-3-6-17(7-4-12)13(18)11-5-8-19-9-11/h5,8-10,12H,3-4,6-7H2,1-2H3,(H2,15,16,20). The van der Waals surface area contributed by atoms with Crippen LogP contribution in [0.25, 0.3) is 0 Å². The third-order valence-electron chi connectivity index (χ3n) is 3.31. The van der Waals surface area contributed by atoms with E-state index in [1.54, 1.807) is 6.07 Å². The molecule has 1 aromatic rings. The summed E-state index contributed by atoms with van der Waals surface area (Å²) in [5, 5.41) is 7.18. The van der Waals surface area contributed by atoms with Crippen molar-refractivity contribution in [3.8, 4) is 0 Å². The van der Waals surface area contributed by atoms with E-state index in [1.165, 1.54) is 12.5 Å². The molecule has 2 N–H and O–H groups in total. The van der Waals surface area contributed by atoms with Crippen LogP contribution in [0.4, 0.5) is 0 Å². The third-order valence-corrected chi connectivity index (χ3v) is 3.54. The average molecular weight is 295 g/mol. The van der Waals surface area contributed by atoms with E-state index in [-0.39, 0.29) is 5.91 Å². The summed E-state index contributed by atoms with van der Waals surface area (Å²) in [6.45, 7) is 5.60. The maximum atomic E-state index is 12.1. The molecule has 2 heterocycles. The molecule has 1 aliphatic rings. The molecule has 5 nitrogen and oxygen atoms in total. The zero-order chi connectivity index (χ0) is 14.5. The van der Waals surface area contributed by atoms with Crippen molar-refractivity contribution in [3.63, 3.8) is 0 Å². The van der Waals surface area contributed by atoms with Crippen molar-refractivity contribution >= 4 is 23.2 Å². The Bertz CT molecular complexity index is 451. The van der Waals surface area contributed by atoms with E-state index in [0.717, 1.165) is 25.9 Å². The molecule has 1 aliphatic heterocycles. The van der Waals surface area contributed by atoms with E-state index in [4.69, 9.17) is 16.6 Å². The van der Waals surface area contributed by atoms with Gasteiger partial charge in [-0.1, -0.05) is 0 Å². The van der Waals surface area contributed by atoms with E-state index in [0.29, 0.717) is 22.8 Å². The summed E-state index contributed by atoms with van der Waals surface area (Å²) in [7, 11) is 0. The van der Waals surface area contributed by atoms with Gasteiger partial charge < -0.3 is 20.0 Å². The normalized spacial score (nSPS) is 16.2. The fourth-order valence-electron chi connectivity index (χ4n) is 2.28. The lowest BCUT2D eigenvalue weighted by Crippen LogP contribution is -2.50. The minimum Gasteiger partial charge on any atom is -0.472 e. The number of hydrogen-bond donors (Lipinski definition) is 2. The molecule has 110 valence electrons. The van der Waals surface area contributed by atoms with Gasteiger partial charge in [0.1, 0.15) is 6.26 Å². The maximum absolute atomic E-state index is 12.1. The Labute approximate surface area is 124 Å². The van der Waals surface area contributed by atoms with Gasteiger partial charge in [-0.3, -0.25) is 4.79 Å². The highest BCUT2D eigenvalue weighted by Gasteiger charge is 2.24. The summed E-state index contributed by atoms with van der Waals surface area (Å²) < 4.78 is 4.95. The van der Waals surface area contributed by atoms with Crippen LogP contribution in [0.1, 0.15) is 37.0 Å². The van der Waals surface area contributed by atoms with Gasteiger partial charge in [0.05, 0.1) is 11.8 Å². The Morgan fingerprint density at radius 1 is 1.45 bits per heavy atom. The molecule has 0 unspecified atom stereocenters. The number of amides is 1. The lowest BCUT2D eigenvalue weighted by atomic mass is 10.0. The molecule has 0 saturated carbocycles. The van der Waals surface area contributed by atoms with Crippen LogP contribution in [0.5, 0.6) is 0 Å². The Kier molecular flexibility index (Phi) is 5.00. The van der Waals surface area contributed by atoms with Crippen LogP contribution in [0.3, 0.4) is 0 Å². The Balaban J connectivity index is 1.78. The molecule has 0 bridgehead atoms. The van der Waals surface area contributed by atoms with Crippen LogP contribution in [-0.2, 0) is 0 Å². The van der Waals surface area contributed by atoms with Crippen molar-refractivity contribution in [2.24, 2.45) is 0 Å². The first-order valence-corrected chi connectivity index (χ1v) is 7.35. The number of rotatable bonds is 3. The second-order valence-corrected chi connectivity index (χ2v) is 5.76. The Hall–Kier alpha value is -1.56. The van der Waals surface area contributed by atoms with Crippen LogP contribution >= 0.6 is 12.2 Å². The van der Waals surface area contributed by atoms with E-state index in [9.17, 15) is 4.79 Å². The van der Waals surface area contributed by atoms with Crippen LogP contribution in [0.2, 0.25) is 0 Å². The average Bonchev–Trinajstić information content (AvgIpc) is 2.91. The summed E-state index contributed by atoms with van der Waals surface area (Å²) in [6.07, 6.45) is 4.83. The van der Waals surface area contributed by atoms with Gasteiger partial charge in [0.2, 0.25) is 0 Å². The minimum absolute atomic E-state index is 0.0417. The molecule has 2 rings (SSSR count). The number of nitrogens with zero attached hydrogens (tertiary/aromatic N) is 1. The molecule has 0 atom stereocenters. The Morgan fingerprint density at radius 3 is 2.70 bits per heavy atom. The van der Waals surface area contributed by atoms with Gasteiger partial charge in [-0.2, -0.15) is 0 Å². The molecule has 1 fully saturated rings. The van der Waals surface area contributed by atoms with Crippen molar-refractivity contribution in [2.75, 3.05) is 13.1 Å². The highest BCUT2D eigenvalue weighted by Crippen LogP contribution is 2.14. The van der Waals surface area contributed by atoms with Gasteiger partial charge >= 0.3 is 0 Å². The van der Waals surface area contributed by atoms with Crippen molar-refractivity contribution in [3.05, 3.63) is 24.2 Å². The number of hydrogen-bond acceptors (Lipinski definition) is 3. The van der Waals surface area contributed by atoms with E-state index >= 15 is 0 Å². The molecule has 0 aromatic carbocycles.